The Morgan fingerprint density at radius 1 is 1.04 bits per heavy atom. The highest BCUT2D eigenvalue weighted by atomic mass is 32.2. The van der Waals surface area contributed by atoms with Crippen molar-refractivity contribution in [2.45, 2.75) is 12.2 Å². The predicted molar refractivity (Wildman–Crippen MR) is 98.9 cm³/mol. The van der Waals surface area contributed by atoms with Crippen molar-refractivity contribution in [3.8, 4) is 0 Å². The largest absolute Gasteiger partial charge is 0.384 e. The van der Waals surface area contributed by atoms with E-state index in [4.69, 9.17) is 0 Å². The van der Waals surface area contributed by atoms with Gasteiger partial charge in [-0.05, 0) is 41.8 Å². The number of sulfone groups is 1. The first-order valence-electron chi connectivity index (χ1n) is 7.94. The highest BCUT2D eigenvalue weighted by Gasteiger charge is 2.05. The fourth-order valence-electron chi connectivity index (χ4n) is 2.72. The number of fused-ring (bicyclic) bond motifs is 1. The number of hydrogen-bond donors (Lipinski definition) is 1. The molecule has 0 aliphatic rings. The number of rotatable bonds is 6. The third-order valence-corrected chi connectivity index (χ3v) is 4.74. The molecule has 0 amide bonds. The SMILES string of the molecule is CS(=O)(=O)Cc1ccc(CCNc2ccnc3ccc(F)cc23)cc1. The maximum atomic E-state index is 13.5. The molecule has 2 aromatic carbocycles. The fourth-order valence-corrected chi connectivity index (χ4v) is 3.52. The molecule has 0 unspecified atom stereocenters. The van der Waals surface area contributed by atoms with Crippen molar-refractivity contribution in [3.05, 3.63) is 71.7 Å². The van der Waals surface area contributed by atoms with Crippen LogP contribution in [0.25, 0.3) is 10.9 Å². The molecule has 1 heterocycles. The van der Waals surface area contributed by atoms with E-state index in [0.717, 1.165) is 34.1 Å². The minimum Gasteiger partial charge on any atom is -0.384 e. The van der Waals surface area contributed by atoms with Gasteiger partial charge in [-0.3, -0.25) is 4.98 Å². The zero-order valence-electron chi connectivity index (χ0n) is 13.9. The summed E-state index contributed by atoms with van der Waals surface area (Å²) in [5.41, 5.74) is 3.49. The van der Waals surface area contributed by atoms with Gasteiger partial charge in [0.2, 0.25) is 0 Å². The van der Waals surface area contributed by atoms with Crippen LogP contribution in [0.2, 0.25) is 0 Å². The van der Waals surface area contributed by atoms with Crippen molar-refractivity contribution in [1.82, 2.24) is 4.98 Å². The Kier molecular flexibility index (Phi) is 4.99. The second-order valence-corrected chi connectivity index (χ2v) is 8.22. The van der Waals surface area contributed by atoms with E-state index in [-0.39, 0.29) is 11.6 Å². The average molecular weight is 358 g/mol. The first-order valence-corrected chi connectivity index (χ1v) is 10.0. The highest BCUT2D eigenvalue weighted by molar-refractivity contribution is 7.89. The molecule has 0 atom stereocenters. The number of aromatic nitrogens is 1. The second kappa shape index (κ2) is 7.19. The van der Waals surface area contributed by atoms with E-state index in [2.05, 4.69) is 10.3 Å². The summed E-state index contributed by atoms with van der Waals surface area (Å²) in [6.45, 7) is 0.682. The van der Waals surface area contributed by atoms with Crippen LogP contribution < -0.4 is 5.32 Å². The smallest absolute Gasteiger partial charge is 0.151 e. The maximum absolute atomic E-state index is 13.5. The Balaban J connectivity index is 1.64. The molecule has 0 aliphatic carbocycles. The van der Waals surface area contributed by atoms with Gasteiger partial charge in [-0.25, -0.2) is 12.8 Å². The number of pyridine rings is 1. The summed E-state index contributed by atoms with van der Waals surface area (Å²) < 4.78 is 36.1. The third kappa shape index (κ3) is 4.76. The maximum Gasteiger partial charge on any atom is 0.151 e. The molecule has 130 valence electrons. The highest BCUT2D eigenvalue weighted by Crippen LogP contribution is 2.22. The lowest BCUT2D eigenvalue weighted by atomic mass is 10.1. The van der Waals surface area contributed by atoms with Gasteiger partial charge >= 0.3 is 0 Å². The van der Waals surface area contributed by atoms with Gasteiger partial charge in [0, 0.05) is 30.1 Å². The summed E-state index contributed by atoms with van der Waals surface area (Å²) in [4.78, 5) is 4.23. The molecule has 4 nitrogen and oxygen atoms in total. The monoisotopic (exact) mass is 358 g/mol. The Labute approximate surface area is 146 Å². The molecule has 1 aromatic heterocycles. The van der Waals surface area contributed by atoms with Crippen LogP contribution in [0, 0.1) is 5.82 Å². The summed E-state index contributed by atoms with van der Waals surface area (Å²) in [7, 11) is -3.02. The van der Waals surface area contributed by atoms with Crippen LogP contribution >= 0.6 is 0 Å². The van der Waals surface area contributed by atoms with Crippen molar-refractivity contribution in [3.63, 3.8) is 0 Å². The van der Waals surface area contributed by atoms with Crippen LogP contribution in [-0.4, -0.2) is 26.2 Å². The molecule has 0 fully saturated rings. The Bertz CT molecular complexity index is 986. The quantitative estimate of drug-likeness (QED) is 0.732. The van der Waals surface area contributed by atoms with E-state index in [9.17, 15) is 12.8 Å². The summed E-state index contributed by atoms with van der Waals surface area (Å²) in [6.07, 6.45) is 3.70. The average Bonchev–Trinajstić information content (AvgIpc) is 2.55. The number of nitrogens with zero attached hydrogens (tertiary/aromatic N) is 1. The van der Waals surface area contributed by atoms with Crippen LogP contribution in [0.5, 0.6) is 0 Å². The normalized spacial score (nSPS) is 11.6. The molecule has 25 heavy (non-hydrogen) atoms. The van der Waals surface area contributed by atoms with Crippen LogP contribution in [-0.2, 0) is 22.0 Å². The van der Waals surface area contributed by atoms with Crippen molar-refractivity contribution in [2.24, 2.45) is 0 Å². The second-order valence-electron chi connectivity index (χ2n) is 6.08. The Hall–Kier alpha value is -2.47. The van der Waals surface area contributed by atoms with E-state index < -0.39 is 9.84 Å². The van der Waals surface area contributed by atoms with Crippen molar-refractivity contribution >= 4 is 26.4 Å². The van der Waals surface area contributed by atoms with E-state index in [1.54, 1.807) is 12.3 Å². The number of anilines is 1. The van der Waals surface area contributed by atoms with Crippen molar-refractivity contribution in [2.75, 3.05) is 18.1 Å². The topological polar surface area (TPSA) is 59.1 Å². The minimum absolute atomic E-state index is 0.0557. The first kappa shape index (κ1) is 17.4. The van der Waals surface area contributed by atoms with Gasteiger partial charge in [0.25, 0.3) is 0 Å². The van der Waals surface area contributed by atoms with Crippen LogP contribution in [0.4, 0.5) is 10.1 Å². The molecule has 0 radical (unpaired) electrons. The van der Waals surface area contributed by atoms with Crippen molar-refractivity contribution in [1.29, 1.82) is 0 Å². The summed E-state index contributed by atoms with van der Waals surface area (Å²) in [5.74, 6) is -0.231. The Morgan fingerprint density at radius 2 is 1.76 bits per heavy atom. The van der Waals surface area contributed by atoms with Crippen molar-refractivity contribution < 1.29 is 12.8 Å². The van der Waals surface area contributed by atoms with E-state index >= 15 is 0 Å². The van der Waals surface area contributed by atoms with Gasteiger partial charge in [-0.2, -0.15) is 0 Å². The molecule has 0 saturated carbocycles. The minimum atomic E-state index is -3.02. The Morgan fingerprint density at radius 3 is 2.48 bits per heavy atom. The van der Waals surface area contributed by atoms with Gasteiger partial charge in [0.1, 0.15) is 5.82 Å². The number of halogens is 1. The molecule has 1 N–H and O–H groups in total. The lowest BCUT2D eigenvalue weighted by molar-refractivity contribution is 0.601. The standard InChI is InChI=1S/C19H19FN2O2S/c1-25(23,24)13-15-4-2-14(3-5-15)8-10-21-19-9-11-22-18-7-6-16(20)12-17(18)19/h2-7,9,11-12H,8,10,13H2,1H3,(H,21,22). The molecule has 0 aliphatic heterocycles. The van der Waals surface area contributed by atoms with Crippen LogP contribution in [0.15, 0.2) is 54.7 Å². The molecule has 3 aromatic rings. The van der Waals surface area contributed by atoms with Gasteiger partial charge < -0.3 is 5.32 Å². The molecule has 6 heteroatoms. The lowest BCUT2D eigenvalue weighted by Gasteiger charge is -2.10. The van der Waals surface area contributed by atoms with E-state index in [1.807, 2.05) is 30.3 Å². The first-order chi connectivity index (χ1) is 11.9. The molecule has 0 spiro atoms. The summed E-state index contributed by atoms with van der Waals surface area (Å²) in [6, 6.07) is 13.9. The summed E-state index contributed by atoms with van der Waals surface area (Å²) >= 11 is 0. The molecular formula is C19H19FN2O2S. The third-order valence-electron chi connectivity index (χ3n) is 3.88. The molecular weight excluding hydrogens is 339 g/mol. The zero-order valence-corrected chi connectivity index (χ0v) is 14.7. The van der Waals surface area contributed by atoms with Gasteiger partial charge in [0.15, 0.2) is 9.84 Å². The zero-order chi connectivity index (χ0) is 17.9. The fraction of sp³-hybridized carbons (Fsp3) is 0.211. The van der Waals surface area contributed by atoms with Gasteiger partial charge in [-0.1, -0.05) is 24.3 Å². The number of benzene rings is 2. The number of nitrogens with one attached hydrogen (secondary N) is 1. The van der Waals surface area contributed by atoms with Gasteiger partial charge in [-0.15, -0.1) is 0 Å². The van der Waals surface area contributed by atoms with Crippen LogP contribution in [0.1, 0.15) is 11.1 Å². The molecule has 3 rings (SSSR count). The van der Waals surface area contributed by atoms with Gasteiger partial charge in [0.05, 0.1) is 11.3 Å². The lowest BCUT2D eigenvalue weighted by Crippen LogP contribution is -2.06. The van der Waals surface area contributed by atoms with Crippen LogP contribution in [0.3, 0.4) is 0 Å². The molecule has 0 bridgehead atoms. The predicted octanol–water partition coefficient (Wildman–Crippen LogP) is 3.57. The molecule has 0 saturated heterocycles. The number of hydrogen-bond acceptors (Lipinski definition) is 4. The van der Waals surface area contributed by atoms with E-state index in [1.165, 1.54) is 18.4 Å². The van der Waals surface area contributed by atoms with E-state index in [0.29, 0.717) is 6.54 Å². The summed E-state index contributed by atoms with van der Waals surface area (Å²) in [5, 5.41) is 4.07.